The summed E-state index contributed by atoms with van der Waals surface area (Å²) in [4.78, 5) is -0.0459. The Kier molecular flexibility index (Phi) is 4.48. The average Bonchev–Trinajstić information content (AvgIpc) is 2.58. The molecule has 0 spiro atoms. The molecule has 0 heterocycles. The summed E-state index contributed by atoms with van der Waals surface area (Å²) in [6.45, 7) is 0. The van der Waals surface area contributed by atoms with Crippen molar-refractivity contribution >= 4 is 27.1 Å². The lowest BCUT2D eigenvalue weighted by molar-refractivity contribution is 0.601. The predicted octanol–water partition coefficient (Wildman–Crippen LogP) is 4.96. The fourth-order valence-corrected chi connectivity index (χ4v) is 3.08. The van der Waals surface area contributed by atoms with Crippen LogP contribution in [-0.2, 0) is 10.0 Å². The summed E-state index contributed by atoms with van der Waals surface area (Å²) in [6, 6.07) is 20.9. The molecule has 3 rings (SSSR count). The van der Waals surface area contributed by atoms with Crippen LogP contribution in [0, 0.1) is 5.82 Å². The number of benzene rings is 3. The van der Waals surface area contributed by atoms with Crippen molar-refractivity contribution in [3.63, 3.8) is 0 Å². The second kappa shape index (κ2) is 6.72. The second-order valence-electron chi connectivity index (χ2n) is 5.06. The van der Waals surface area contributed by atoms with Gasteiger partial charge in [0.25, 0.3) is 0 Å². The molecule has 0 aliphatic heterocycles. The van der Waals surface area contributed by atoms with Gasteiger partial charge in [0.15, 0.2) is 0 Å². The molecule has 0 radical (unpaired) electrons. The van der Waals surface area contributed by atoms with E-state index in [0.717, 1.165) is 23.5 Å². The lowest BCUT2D eigenvalue weighted by Gasteiger charge is -2.22. The highest BCUT2D eigenvalue weighted by Gasteiger charge is 2.04. The zero-order chi connectivity index (χ0) is 17.0. The molecule has 0 amide bonds. The first kappa shape index (κ1) is 16.0. The molecule has 0 fully saturated rings. The highest BCUT2D eigenvalue weighted by atomic mass is 32.2. The van der Waals surface area contributed by atoms with E-state index in [4.69, 9.17) is 0 Å². The minimum absolute atomic E-state index is 0.0459. The average molecular weight is 341 g/mol. The Bertz CT molecular complexity index is 909. The normalized spacial score (nSPS) is 11.0. The standard InChI is InChI=1S/C18H14FN2O2S/c19-14-6-12-18(13-7-14)24(22,23)21-17-10-8-16(9-11-17)20-15-4-2-1-3-5-15/h1-13,20H/q-1. The number of hydrogen-bond donors (Lipinski definition) is 1. The SMILES string of the molecule is O=S(=O)([N-]c1ccc(Nc2ccccc2)cc1)c1ccc(F)cc1. The molecular formula is C18H14FN2O2S-. The Morgan fingerprint density at radius 2 is 1.33 bits per heavy atom. The van der Waals surface area contributed by atoms with Crippen LogP contribution in [-0.4, -0.2) is 8.42 Å². The third-order valence-electron chi connectivity index (χ3n) is 3.27. The number of sulfonamides is 1. The van der Waals surface area contributed by atoms with E-state index in [-0.39, 0.29) is 4.90 Å². The summed E-state index contributed by atoms with van der Waals surface area (Å²) in [6.07, 6.45) is 0. The maximum atomic E-state index is 12.9. The van der Waals surface area contributed by atoms with Gasteiger partial charge in [-0.3, -0.25) is 0 Å². The second-order valence-corrected chi connectivity index (χ2v) is 6.66. The van der Waals surface area contributed by atoms with Crippen molar-refractivity contribution < 1.29 is 12.8 Å². The molecule has 0 aromatic heterocycles. The zero-order valence-electron chi connectivity index (χ0n) is 12.6. The largest absolute Gasteiger partial charge is 0.573 e. The summed E-state index contributed by atoms with van der Waals surface area (Å²) >= 11 is 0. The smallest absolute Gasteiger partial charge is 0.123 e. The Morgan fingerprint density at radius 3 is 1.96 bits per heavy atom. The zero-order valence-corrected chi connectivity index (χ0v) is 13.4. The molecular weight excluding hydrogens is 327 g/mol. The molecule has 1 N–H and O–H groups in total. The van der Waals surface area contributed by atoms with Gasteiger partial charge in [0, 0.05) is 11.4 Å². The van der Waals surface area contributed by atoms with Crippen LogP contribution < -0.4 is 5.32 Å². The molecule has 0 unspecified atom stereocenters. The van der Waals surface area contributed by atoms with Crippen molar-refractivity contribution in [1.82, 2.24) is 0 Å². The van der Waals surface area contributed by atoms with Crippen molar-refractivity contribution in [3.8, 4) is 0 Å². The van der Waals surface area contributed by atoms with E-state index >= 15 is 0 Å². The quantitative estimate of drug-likeness (QED) is 0.713. The Labute approximate surface area is 140 Å². The summed E-state index contributed by atoms with van der Waals surface area (Å²) in [5.74, 6) is -0.495. The van der Waals surface area contributed by atoms with Crippen molar-refractivity contribution in [2.75, 3.05) is 5.32 Å². The molecule has 4 nitrogen and oxygen atoms in total. The van der Waals surface area contributed by atoms with E-state index < -0.39 is 15.8 Å². The van der Waals surface area contributed by atoms with Crippen LogP contribution in [0.5, 0.6) is 0 Å². The molecule has 3 aromatic rings. The monoisotopic (exact) mass is 341 g/mol. The van der Waals surface area contributed by atoms with Crippen LogP contribution >= 0.6 is 0 Å². The van der Waals surface area contributed by atoms with Gasteiger partial charge < -0.3 is 10.0 Å². The van der Waals surface area contributed by atoms with Crippen LogP contribution in [0.15, 0.2) is 83.8 Å². The van der Waals surface area contributed by atoms with E-state index in [1.807, 2.05) is 30.3 Å². The number of nitrogens with one attached hydrogen (secondary N) is 1. The number of para-hydroxylation sites is 1. The number of halogens is 1. The van der Waals surface area contributed by atoms with Crippen LogP contribution in [0.25, 0.3) is 4.72 Å². The fraction of sp³-hybridized carbons (Fsp3) is 0. The summed E-state index contributed by atoms with van der Waals surface area (Å²) in [7, 11) is -3.86. The van der Waals surface area contributed by atoms with E-state index in [1.165, 1.54) is 12.1 Å². The molecule has 3 aromatic carbocycles. The van der Waals surface area contributed by atoms with Gasteiger partial charge in [0.2, 0.25) is 0 Å². The van der Waals surface area contributed by atoms with Crippen LogP contribution in [0.2, 0.25) is 0 Å². The molecule has 6 heteroatoms. The molecule has 0 atom stereocenters. The minimum Gasteiger partial charge on any atom is -0.573 e. The van der Waals surface area contributed by atoms with Crippen molar-refractivity contribution in [2.24, 2.45) is 0 Å². The van der Waals surface area contributed by atoms with Gasteiger partial charge in [-0.25, -0.2) is 12.8 Å². The van der Waals surface area contributed by atoms with E-state index in [1.54, 1.807) is 24.3 Å². The molecule has 0 aliphatic rings. The number of nitrogens with zero attached hydrogens (tertiary/aromatic N) is 1. The van der Waals surface area contributed by atoms with Crippen molar-refractivity contribution in [2.45, 2.75) is 4.90 Å². The first-order valence-corrected chi connectivity index (χ1v) is 8.63. The van der Waals surface area contributed by atoms with Crippen LogP contribution in [0.4, 0.5) is 21.5 Å². The molecule has 0 bridgehead atoms. The maximum Gasteiger partial charge on any atom is 0.123 e. The topological polar surface area (TPSA) is 60.3 Å². The first-order valence-electron chi connectivity index (χ1n) is 7.19. The van der Waals surface area contributed by atoms with Crippen molar-refractivity contribution in [3.05, 3.63) is 89.4 Å². The van der Waals surface area contributed by atoms with Gasteiger partial charge in [0.05, 0.1) is 4.90 Å². The fourth-order valence-electron chi connectivity index (χ4n) is 2.09. The molecule has 0 aliphatic carbocycles. The van der Waals surface area contributed by atoms with Gasteiger partial charge >= 0.3 is 0 Å². The van der Waals surface area contributed by atoms with Gasteiger partial charge in [-0.05, 0) is 48.5 Å². The minimum atomic E-state index is -3.86. The molecule has 0 saturated heterocycles. The number of rotatable bonds is 5. The lowest BCUT2D eigenvalue weighted by atomic mass is 10.2. The third kappa shape index (κ3) is 3.91. The van der Waals surface area contributed by atoms with Crippen LogP contribution in [0.1, 0.15) is 0 Å². The summed E-state index contributed by atoms with van der Waals surface area (Å²) < 4.78 is 41.0. The first-order chi connectivity index (χ1) is 11.5. The third-order valence-corrected chi connectivity index (χ3v) is 4.59. The van der Waals surface area contributed by atoms with E-state index in [9.17, 15) is 12.8 Å². The number of anilines is 2. The summed E-state index contributed by atoms with van der Waals surface area (Å²) in [5, 5.41) is 3.20. The predicted molar refractivity (Wildman–Crippen MR) is 92.8 cm³/mol. The van der Waals surface area contributed by atoms with Crippen molar-refractivity contribution in [1.29, 1.82) is 0 Å². The Balaban J connectivity index is 1.73. The van der Waals surface area contributed by atoms with Crippen LogP contribution in [0.3, 0.4) is 0 Å². The summed E-state index contributed by atoms with van der Waals surface area (Å²) in [5.41, 5.74) is 2.05. The van der Waals surface area contributed by atoms with Gasteiger partial charge in [0.1, 0.15) is 15.8 Å². The van der Waals surface area contributed by atoms with Gasteiger partial charge in [-0.2, -0.15) is 0 Å². The van der Waals surface area contributed by atoms with E-state index in [0.29, 0.717) is 5.69 Å². The molecule has 122 valence electrons. The van der Waals surface area contributed by atoms with E-state index in [2.05, 4.69) is 10.0 Å². The lowest BCUT2D eigenvalue weighted by Crippen LogP contribution is -1.97. The highest BCUT2D eigenvalue weighted by molar-refractivity contribution is 7.94. The highest BCUT2D eigenvalue weighted by Crippen LogP contribution is 2.29. The van der Waals surface area contributed by atoms with Gasteiger partial charge in [-0.1, -0.05) is 30.3 Å². The Hall–Kier alpha value is -2.86. The molecule has 24 heavy (non-hydrogen) atoms. The molecule has 0 saturated carbocycles. The van der Waals surface area contributed by atoms with Gasteiger partial charge in [-0.15, -0.1) is 5.69 Å². The Morgan fingerprint density at radius 1 is 0.750 bits per heavy atom. The maximum absolute atomic E-state index is 12.9. The number of hydrogen-bond acceptors (Lipinski definition) is 3.